The van der Waals surface area contributed by atoms with Crippen LogP contribution in [0.3, 0.4) is 0 Å². The summed E-state index contributed by atoms with van der Waals surface area (Å²) in [5.41, 5.74) is 5.61. The molecular weight excluding hydrogens is 322 g/mol. The number of pyridine rings is 1. The molecule has 0 aliphatic rings. The van der Waals surface area contributed by atoms with Crippen molar-refractivity contribution in [2.75, 3.05) is 11.1 Å². The molecule has 3 rings (SSSR count). The van der Waals surface area contributed by atoms with E-state index in [-0.39, 0.29) is 5.41 Å². The van der Waals surface area contributed by atoms with E-state index in [1.54, 1.807) is 18.5 Å². The molecule has 124 valence electrons. The molecule has 0 aromatic carbocycles. The Morgan fingerprint density at radius 3 is 2.71 bits per heavy atom. The van der Waals surface area contributed by atoms with Gasteiger partial charge < -0.3 is 15.5 Å². The van der Waals surface area contributed by atoms with Crippen molar-refractivity contribution < 1.29 is 4.42 Å². The summed E-state index contributed by atoms with van der Waals surface area (Å²) in [6.07, 6.45) is 7.31. The van der Waals surface area contributed by atoms with Crippen LogP contribution >= 0.6 is 11.3 Å². The van der Waals surface area contributed by atoms with Gasteiger partial charge in [-0.25, -0.2) is 15.0 Å². The maximum Gasteiger partial charge on any atom is 0.218 e. The highest BCUT2D eigenvalue weighted by Gasteiger charge is 2.18. The summed E-state index contributed by atoms with van der Waals surface area (Å²) in [5, 5.41) is 3.88. The van der Waals surface area contributed by atoms with Crippen LogP contribution < -0.4 is 11.1 Å². The molecule has 0 aliphatic heterocycles. The molecule has 0 aliphatic carbocycles. The first-order valence-corrected chi connectivity index (χ1v) is 8.31. The molecule has 0 bridgehead atoms. The molecular formula is C17H19N5OS. The molecule has 0 radical (unpaired) electrons. The normalized spacial score (nSPS) is 12.0. The summed E-state index contributed by atoms with van der Waals surface area (Å²) in [7, 11) is 0. The van der Waals surface area contributed by atoms with Gasteiger partial charge in [0.15, 0.2) is 5.13 Å². The number of nitrogens with one attached hydrogen (secondary N) is 1. The number of nitrogen functional groups attached to an aromatic ring is 1. The maximum atomic E-state index is 5.73. The Bertz CT molecular complexity index is 860. The van der Waals surface area contributed by atoms with Gasteiger partial charge in [-0.05, 0) is 18.2 Å². The van der Waals surface area contributed by atoms with Gasteiger partial charge in [-0.1, -0.05) is 38.2 Å². The van der Waals surface area contributed by atoms with E-state index in [2.05, 4.69) is 41.0 Å². The van der Waals surface area contributed by atoms with Crippen LogP contribution in [0, 0.1) is 0 Å². The van der Waals surface area contributed by atoms with E-state index in [4.69, 9.17) is 10.2 Å². The fourth-order valence-electron chi connectivity index (χ4n) is 1.92. The van der Waals surface area contributed by atoms with Crippen molar-refractivity contribution in [1.29, 1.82) is 0 Å². The van der Waals surface area contributed by atoms with Crippen molar-refractivity contribution in [3.63, 3.8) is 0 Å². The van der Waals surface area contributed by atoms with E-state index in [9.17, 15) is 0 Å². The number of rotatable bonds is 4. The van der Waals surface area contributed by atoms with Gasteiger partial charge in [0.2, 0.25) is 5.89 Å². The second kappa shape index (κ2) is 6.45. The van der Waals surface area contributed by atoms with Crippen LogP contribution in [0.25, 0.3) is 12.2 Å². The van der Waals surface area contributed by atoms with E-state index in [1.165, 1.54) is 11.3 Å². The lowest BCUT2D eigenvalue weighted by Gasteiger charge is -2.12. The number of hydrogen-bond donors (Lipinski definition) is 2. The van der Waals surface area contributed by atoms with Crippen LogP contribution in [0.15, 0.2) is 35.0 Å². The molecule has 3 N–H and O–H groups in total. The number of oxazole rings is 1. The SMILES string of the molecule is CC(C)(C)c1cnc(/C=C/c2cnc(Nc3cccc(N)n3)s2)o1. The van der Waals surface area contributed by atoms with Crippen molar-refractivity contribution in [1.82, 2.24) is 15.0 Å². The molecule has 24 heavy (non-hydrogen) atoms. The number of nitrogens with zero attached hydrogens (tertiary/aromatic N) is 3. The Labute approximate surface area is 144 Å². The number of anilines is 3. The maximum absolute atomic E-state index is 5.73. The first kappa shape index (κ1) is 16.2. The lowest BCUT2D eigenvalue weighted by Crippen LogP contribution is -2.09. The molecule has 0 amide bonds. The number of nitrogens with two attached hydrogens (primary N) is 1. The molecule has 0 unspecified atom stereocenters. The number of hydrogen-bond acceptors (Lipinski definition) is 7. The zero-order valence-corrected chi connectivity index (χ0v) is 14.6. The third-order valence-corrected chi connectivity index (χ3v) is 4.06. The zero-order chi connectivity index (χ0) is 17.2. The lowest BCUT2D eigenvalue weighted by atomic mass is 9.94. The standard InChI is InChI=1S/C17H19N5OS/c1-17(2,3)12-10-19-15(23-12)8-7-11-9-20-16(24-11)22-14-6-4-5-13(18)21-14/h4-10H,1-3H3,(H3,18,20,21,22)/b8-7+. The Hall–Kier alpha value is -2.67. The zero-order valence-electron chi connectivity index (χ0n) is 13.8. The quantitative estimate of drug-likeness (QED) is 0.734. The van der Waals surface area contributed by atoms with E-state index >= 15 is 0 Å². The monoisotopic (exact) mass is 341 g/mol. The molecule has 3 aromatic rings. The van der Waals surface area contributed by atoms with Crippen molar-refractivity contribution in [2.24, 2.45) is 0 Å². The minimum Gasteiger partial charge on any atom is -0.441 e. The molecule has 3 aromatic heterocycles. The largest absolute Gasteiger partial charge is 0.441 e. The molecule has 0 fully saturated rings. The molecule has 3 heterocycles. The van der Waals surface area contributed by atoms with Gasteiger partial charge in [0, 0.05) is 22.6 Å². The van der Waals surface area contributed by atoms with Crippen molar-refractivity contribution in [3.8, 4) is 0 Å². The van der Waals surface area contributed by atoms with E-state index in [1.807, 2.05) is 24.3 Å². The smallest absolute Gasteiger partial charge is 0.218 e. The first-order chi connectivity index (χ1) is 11.4. The predicted octanol–water partition coefficient (Wildman–Crippen LogP) is 4.32. The molecule has 7 heteroatoms. The fraction of sp³-hybridized carbons (Fsp3) is 0.235. The predicted molar refractivity (Wildman–Crippen MR) is 98.2 cm³/mol. The minimum atomic E-state index is -0.0504. The highest BCUT2D eigenvalue weighted by molar-refractivity contribution is 7.16. The van der Waals surface area contributed by atoms with Crippen molar-refractivity contribution in [2.45, 2.75) is 26.2 Å². The summed E-state index contributed by atoms with van der Waals surface area (Å²) in [4.78, 5) is 13.8. The van der Waals surface area contributed by atoms with Crippen LogP contribution in [0.5, 0.6) is 0 Å². The summed E-state index contributed by atoms with van der Waals surface area (Å²) >= 11 is 1.51. The number of thiazole rings is 1. The summed E-state index contributed by atoms with van der Waals surface area (Å²) < 4.78 is 5.73. The van der Waals surface area contributed by atoms with Gasteiger partial charge in [-0.2, -0.15) is 0 Å². The second-order valence-corrected chi connectivity index (χ2v) is 7.35. The van der Waals surface area contributed by atoms with Crippen LogP contribution in [0.1, 0.15) is 37.3 Å². The average Bonchev–Trinajstić information content (AvgIpc) is 3.13. The summed E-state index contributed by atoms with van der Waals surface area (Å²) in [6.45, 7) is 6.27. The Balaban J connectivity index is 1.68. The molecule has 0 saturated carbocycles. The van der Waals surface area contributed by atoms with Crippen LogP contribution in [-0.2, 0) is 5.41 Å². The topological polar surface area (TPSA) is 89.9 Å². The molecule has 0 atom stereocenters. The minimum absolute atomic E-state index is 0.0504. The van der Waals surface area contributed by atoms with Gasteiger partial charge >= 0.3 is 0 Å². The highest BCUT2D eigenvalue weighted by atomic mass is 32.1. The van der Waals surface area contributed by atoms with E-state index in [0.29, 0.717) is 17.5 Å². The molecule has 6 nitrogen and oxygen atoms in total. The summed E-state index contributed by atoms with van der Waals surface area (Å²) in [5.74, 6) is 2.58. The van der Waals surface area contributed by atoms with E-state index < -0.39 is 0 Å². The van der Waals surface area contributed by atoms with Crippen molar-refractivity contribution in [3.05, 3.63) is 47.1 Å². The second-order valence-electron chi connectivity index (χ2n) is 6.29. The van der Waals surface area contributed by atoms with E-state index in [0.717, 1.165) is 15.8 Å². The van der Waals surface area contributed by atoms with Crippen molar-refractivity contribution >= 4 is 40.3 Å². The Morgan fingerprint density at radius 1 is 1.17 bits per heavy atom. The highest BCUT2D eigenvalue weighted by Crippen LogP contribution is 2.25. The fourth-order valence-corrected chi connectivity index (χ4v) is 2.64. The van der Waals surface area contributed by atoms with Gasteiger partial charge in [0.05, 0.1) is 6.20 Å². The van der Waals surface area contributed by atoms with Crippen LogP contribution in [0.2, 0.25) is 0 Å². The molecule has 0 spiro atoms. The number of aromatic nitrogens is 3. The van der Waals surface area contributed by atoms with Gasteiger partial charge in [0.1, 0.15) is 17.4 Å². The third-order valence-electron chi connectivity index (χ3n) is 3.18. The molecule has 0 saturated heterocycles. The van der Waals surface area contributed by atoms with Gasteiger partial charge in [-0.3, -0.25) is 0 Å². The average molecular weight is 341 g/mol. The lowest BCUT2D eigenvalue weighted by molar-refractivity contribution is 0.403. The first-order valence-electron chi connectivity index (χ1n) is 7.50. The van der Waals surface area contributed by atoms with Crippen LogP contribution in [0.4, 0.5) is 16.8 Å². The van der Waals surface area contributed by atoms with Gasteiger partial charge in [0.25, 0.3) is 0 Å². The summed E-state index contributed by atoms with van der Waals surface area (Å²) in [6, 6.07) is 5.42. The third kappa shape index (κ3) is 3.99. The van der Waals surface area contributed by atoms with Crippen LogP contribution in [-0.4, -0.2) is 15.0 Å². The Morgan fingerprint density at radius 2 is 2.00 bits per heavy atom. The van der Waals surface area contributed by atoms with Gasteiger partial charge in [-0.15, -0.1) is 0 Å². The Kier molecular flexibility index (Phi) is 4.35.